The summed E-state index contributed by atoms with van der Waals surface area (Å²) in [5, 5.41) is 0. The van der Waals surface area contributed by atoms with Crippen LogP contribution in [0.2, 0.25) is 0 Å². The molecule has 0 radical (unpaired) electrons. The molecule has 186 valence electrons. The lowest BCUT2D eigenvalue weighted by Gasteiger charge is -2.44. The molecule has 35 heavy (non-hydrogen) atoms. The van der Waals surface area contributed by atoms with Crippen LogP contribution in [0.25, 0.3) is 0 Å². The summed E-state index contributed by atoms with van der Waals surface area (Å²) in [4.78, 5) is 29.1. The first-order valence-electron chi connectivity index (χ1n) is 12.3. The van der Waals surface area contributed by atoms with Crippen molar-refractivity contribution in [3.05, 3.63) is 44.7 Å². The summed E-state index contributed by atoms with van der Waals surface area (Å²) < 4.78 is 17.6. The lowest BCUT2D eigenvalue weighted by Crippen LogP contribution is -2.39. The molecule has 0 saturated carbocycles. The number of hydrogen-bond acceptors (Lipinski definition) is 6. The first-order chi connectivity index (χ1) is 17.0. The Morgan fingerprint density at radius 3 is 2.29 bits per heavy atom. The number of methoxy groups -OCH3 is 1. The van der Waals surface area contributed by atoms with E-state index in [0.29, 0.717) is 42.0 Å². The van der Waals surface area contributed by atoms with E-state index in [9.17, 15) is 9.59 Å². The molecule has 0 unspecified atom stereocenters. The molecule has 1 aromatic rings. The largest absolute Gasteiger partial charge is 0.490 e. The number of ketones is 2. The zero-order chi connectivity index (χ0) is 24.9. The Morgan fingerprint density at radius 2 is 1.71 bits per heavy atom. The van der Waals surface area contributed by atoms with Gasteiger partial charge in [0.15, 0.2) is 23.1 Å². The van der Waals surface area contributed by atoms with E-state index in [0.717, 1.165) is 66.8 Å². The highest BCUT2D eigenvalue weighted by atomic mass is 79.9. The molecule has 0 atom stereocenters. The topological polar surface area (TPSA) is 65.1 Å². The zero-order valence-corrected chi connectivity index (χ0v) is 22.0. The number of allylic oxidation sites excluding steroid dienone is 4. The van der Waals surface area contributed by atoms with Crippen molar-refractivity contribution in [3.63, 3.8) is 0 Å². The van der Waals surface area contributed by atoms with Crippen LogP contribution in [0, 0.1) is 12.3 Å². The predicted octanol–water partition coefficient (Wildman–Crippen LogP) is 5.31. The highest BCUT2D eigenvalue weighted by Gasteiger charge is 2.43. The molecular weight excluding hydrogens is 510 g/mol. The summed E-state index contributed by atoms with van der Waals surface area (Å²) in [6, 6.07) is 3.85. The number of carbonyl (C=O) groups is 2. The third-order valence-corrected chi connectivity index (χ3v) is 7.37. The molecule has 2 aliphatic carbocycles. The molecule has 0 aromatic heterocycles. The van der Waals surface area contributed by atoms with E-state index in [-0.39, 0.29) is 18.2 Å². The Morgan fingerprint density at radius 1 is 1.06 bits per heavy atom. The molecular formula is C28H32BrNO5. The first-order valence-corrected chi connectivity index (χ1v) is 13.1. The fourth-order valence-corrected chi connectivity index (χ4v) is 6.03. The number of Topliss-reactive ketones (excluding diaryl/α,β-unsaturated/α-hetero) is 2. The van der Waals surface area contributed by atoms with Crippen LogP contribution in [0.4, 0.5) is 0 Å². The number of ether oxygens (including phenoxy) is 3. The normalized spacial score (nSPS) is 18.4. The quantitative estimate of drug-likeness (QED) is 0.312. The predicted molar refractivity (Wildman–Crippen MR) is 137 cm³/mol. The van der Waals surface area contributed by atoms with Gasteiger partial charge < -0.3 is 19.1 Å². The second-order valence-corrected chi connectivity index (χ2v) is 9.82. The van der Waals surface area contributed by atoms with Crippen LogP contribution in [0.5, 0.6) is 11.5 Å². The van der Waals surface area contributed by atoms with Gasteiger partial charge in [0.05, 0.1) is 11.1 Å². The zero-order valence-electron chi connectivity index (χ0n) is 20.5. The summed E-state index contributed by atoms with van der Waals surface area (Å²) in [5.74, 6) is 3.40. The standard InChI is InChI=1S/C28H32BrNO5/c1-4-14-35-28-19(29)16-18(17-24(28)34-5-2)25-26-20(9-6-11-22(26)31)30(13-8-15-33-3)21-10-7-12-23(32)27(21)25/h1,16-17,25H,5-15H2,2-3H3. The molecule has 1 heterocycles. The van der Waals surface area contributed by atoms with E-state index in [1.165, 1.54) is 0 Å². The second kappa shape index (κ2) is 11.5. The molecule has 0 amide bonds. The molecule has 0 spiro atoms. The van der Waals surface area contributed by atoms with E-state index >= 15 is 0 Å². The molecule has 7 heteroatoms. The van der Waals surface area contributed by atoms with Gasteiger partial charge in [-0.3, -0.25) is 9.59 Å². The first kappa shape index (κ1) is 25.5. The average Bonchev–Trinajstić information content (AvgIpc) is 2.84. The van der Waals surface area contributed by atoms with E-state index in [1.54, 1.807) is 7.11 Å². The minimum absolute atomic E-state index is 0.111. The minimum Gasteiger partial charge on any atom is -0.490 e. The number of nitrogens with zero attached hydrogens (tertiary/aromatic N) is 1. The maximum atomic E-state index is 13.4. The Labute approximate surface area is 215 Å². The van der Waals surface area contributed by atoms with Crippen molar-refractivity contribution < 1.29 is 23.8 Å². The number of halogens is 1. The third kappa shape index (κ3) is 5.05. The summed E-state index contributed by atoms with van der Waals surface area (Å²) in [5.41, 5.74) is 4.51. The summed E-state index contributed by atoms with van der Waals surface area (Å²) >= 11 is 3.63. The van der Waals surface area contributed by atoms with Gasteiger partial charge >= 0.3 is 0 Å². The van der Waals surface area contributed by atoms with Crippen LogP contribution >= 0.6 is 15.9 Å². The molecule has 3 aliphatic rings. The fourth-order valence-electron chi connectivity index (χ4n) is 5.46. The molecule has 1 aromatic carbocycles. The number of hydrogen-bond donors (Lipinski definition) is 0. The van der Waals surface area contributed by atoms with E-state index in [2.05, 4.69) is 26.8 Å². The van der Waals surface area contributed by atoms with Gasteiger partial charge in [0.2, 0.25) is 0 Å². The fraction of sp³-hybridized carbons (Fsp3) is 0.500. The second-order valence-electron chi connectivity index (χ2n) is 8.96. The van der Waals surface area contributed by atoms with Gasteiger partial charge in [0.1, 0.15) is 6.61 Å². The van der Waals surface area contributed by atoms with Crippen molar-refractivity contribution in [1.82, 2.24) is 4.90 Å². The van der Waals surface area contributed by atoms with Crippen molar-refractivity contribution in [1.29, 1.82) is 0 Å². The van der Waals surface area contributed by atoms with E-state index in [4.69, 9.17) is 20.6 Å². The maximum Gasteiger partial charge on any atom is 0.176 e. The number of terminal acetylenes is 1. The smallest absolute Gasteiger partial charge is 0.176 e. The molecule has 0 N–H and O–H groups in total. The van der Waals surface area contributed by atoms with E-state index in [1.807, 2.05) is 19.1 Å². The third-order valence-electron chi connectivity index (χ3n) is 6.78. The van der Waals surface area contributed by atoms with Crippen LogP contribution in [0.15, 0.2) is 39.1 Å². The van der Waals surface area contributed by atoms with Crippen molar-refractivity contribution in [3.8, 4) is 23.8 Å². The van der Waals surface area contributed by atoms with Crippen LogP contribution in [-0.4, -0.2) is 49.9 Å². The lowest BCUT2D eigenvalue weighted by atomic mass is 9.71. The van der Waals surface area contributed by atoms with Crippen LogP contribution in [0.1, 0.15) is 63.4 Å². The Balaban J connectivity index is 1.89. The van der Waals surface area contributed by atoms with Crippen molar-refractivity contribution in [2.75, 3.05) is 33.5 Å². The molecule has 4 rings (SSSR count). The molecule has 6 nitrogen and oxygen atoms in total. The van der Waals surface area contributed by atoms with Crippen molar-refractivity contribution >= 4 is 27.5 Å². The Bertz CT molecular complexity index is 1070. The monoisotopic (exact) mass is 541 g/mol. The summed E-state index contributed by atoms with van der Waals surface area (Å²) in [6.07, 6.45) is 10.6. The Hall–Kier alpha value is -2.56. The number of carbonyl (C=O) groups excluding carboxylic acids is 2. The highest BCUT2D eigenvalue weighted by Crippen LogP contribution is 2.51. The van der Waals surface area contributed by atoms with Crippen LogP contribution in [-0.2, 0) is 14.3 Å². The summed E-state index contributed by atoms with van der Waals surface area (Å²) in [6.45, 7) is 3.84. The molecule has 1 aliphatic heterocycles. The average molecular weight is 542 g/mol. The van der Waals surface area contributed by atoms with Crippen LogP contribution in [0.3, 0.4) is 0 Å². The van der Waals surface area contributed by atoms with Gasteiger partial charge in [-0.1, -0.05) is 5.92 Å². The van der Waals surface area contributed by atoms with Gasteiger partial charge in [-0.15, -0.1) is 6.42 Å². The van der Waals surface area contributed by atoms with Crippen LogP contribution < -0.4 is 9.47 Å². The number of rotatable bonds is 9. The molecule has 0 saturated heterocycles. The minimum atomic E-state index is -0.406. The van der Waals surface area contributed by atoms with Crippen molar-refractivity contribution in [2.24, 2.45) is 0 Å². The lowest BCUT2D eigenvalue weighted by molar-refractivity contribution is -0.117. The SMILES string of the molecule is C#CCOc1c(Br)cc(C2C3=C(CCCC3=O)N(CCCOC)C3=C2C(=O)CCC3)cc1OCC. The summed E-state index contributed by atoms with van der Waals surface area (Å²) in [7, 11) is 1.70. The number of benzene rings is 1. The van der Waals surface area contributed by atoms with Crippen molar-refractivity contribution in [2.45, 2.75) is 57.8 Å². The molecule has 0 bridgehead atoms. The maximum absolute atomic E-state index is 13.4. The Kier molecular flexibility index (Phi) is 8.35. The van der Waals surface area contributed by atoms with Gasteiger partial charge in [0.25, 0.3) is 0 Å². The van der Waals surface area contributed by atoms with Gasteiger partial charge in [-0.05, 0) is 72.7 Å². The van der Waals surface area contributed by atoms with Gasteiger partial charge in [-0.25, -0.2) is 0 Å². The van der Waals surface area contributed by atoms with Gasteiger partial charge in [0, 0.05) is 61.6 Å². The highest BCUT2D eigenvalue weighted by molar-refractivity contribution is 9.10. The van der Waals surface area contributed by atoms with E-state index < -0.39 is 5.92 Å². The van der Waals surface area contributed by atoms with Gasteiger partial charge in [-0.2, -0.15) is 0 Å². The molecule has 0 fully saturated rings.